The molecule has 0 aliphatic carbocycles. The minimum atomic E-state index is -0.198. The van der Waals surface area contributed by atoms with Crippen LogP contribution in [-0.2, 0) is 7.05 Å². The Morgan fingerprint density at radius 1 is 1.14 bits per heavy atom. The molecule has 1 N–H and O–H groups in total. The van der Waals surface area contributed by atoms with Crippen molar-refractivity contribution in [3.8, 4) is 11.3 Å². The monoisotopic (exact) mass is 468 g/mol. The van der Waals surface area contributed by atoms with Crippen LogP contribution in [0.5, 0.6) is 0 Å². The van der Waals surface area contributed by atoms with E-state index < -0.39 is 0 Å². The maximum Gasteiger partial charge on any atom is 0.252 e. The number of para-hydroxylation sites is 1. The highest BCUT2D eigenvalue weighted by atomic mass is 16.1. The van der Waals surface area contributed by atoms with Gasteiger partial charge in [0.25, 0.3) is 5.91 Å². The molecule has 180 valence electrons. The van der Waals surface area contributed by atoms with Crippen LogP contribution in [0.3, 0.4) is 0 Å². The summed E-state index contributed by atoms with van der Waals surface area (Å²) in [5.74, 6) is -0.0645. The molecule has 1 amide bonds. The summed E-state index contributed by atoms with van der Waals surface area (Å²) < 4.78 is 1.77. The van der Waals surface area contributed by atoms with Gasteiger partial charge in [-0.15, -0.1) is 0 Å². The van der Waals surface area contributed by atoms with Crippen LogP contribution in [0.1, 0.15) is 34.5 Å². The van der Waals surface area contributed by atoms with Crippen LogP contribution in [0.25, 0.3) is 22.2 Å². The Morgan fingerprint density at radius 3 is 2.63 bits per heavy atom. The van der Waals surface area contributed by atoms with E-state index in [9.17, 15) is 4.79 Å². The molecule has 0 unspecified atom stereocenters. The van der Waals surface area contributed by atoms with E-state index in [-0.39, 0.29) is 11.9 Å². The fourth-order valence-corrected chi connectivity index (χ4v) is 4.66. The lowest BCUT2D eigenvalue weighted by atomic mass is 9.99. The van der Waals surface area contributed by atoms with Crippen LogP contribution in [0, 0.1) is 6.92 Å². The highest BCUT2D eigenvalue weighted by Crippen LogP contribution is 2.30. The Balaban J connectivity index is 1.42. The number of benzene rings is 2. The number of rotatable bonds is 6. The van der Waals surface area contributed by atoms with Crippen LogP contribution >= 0.6 is 0 Å². The highest BCUT2D eigenvalue weighted by molar-refractivity contribution is 5.97. The van der Waals surface area contributed by atoms with E-state index in [2.05, 4.69) is 52.5 Å². The molecule has 7 heteroatoms. The molecule has 5 rings (SSSR count). The van der Waals surface area contributed by atoms with Crippen LogP contribution in [0.2, 0.25) is 0 Å². The van der Waals surface area contributed by atoms with Gasteiger partial charge in [0.15, 0.2) is 0 Å². The number of aryl methyl sites for hydroxylation is 2. The first-order chi connectivity index (χ1) is 16.8. The van der Waals surface area contributed by atoms with Gasteiger partial charge in [0.05, 0.1) is 23.4 Å². The smallest absolute Gasteiger partial charge is 0.252 e. The standard InChI is InChI=1S/C28H32N6O/c1-18-10-11-21(34-16-22(17-34)32(3)4)12-24(18)28(35)30-19(2)25-13-27(20-14-29-33(5)15-20)31-26-9-7-6-8-23(25)26/h6-15,19,22H,16-17H2,1-5H3,(H,30,35)/t19-/m1/s1. The molecule has 7 nitrogen and oxygen atoms in total. The predicted octanol–water partition coefficient (Wildman–Crippen LogP) is 4.18. The molecule has 3 heterocycles. The summed E-state index contributed by atoms with van der Waals surface area (Å²) in [7, 11) is 6.12. The van der Waals surface area contributed by atoms with Crippen molar-refractivity contribution in [3.63, 3.8) is 0 Å². The Hall–Kier alpha value is -3.71. The van der Waals surface area contributed by atoms with Crippen LogP contribution in [0.15, 0.2) is 60.9 Å². The number of carbonyl (C=O) groups excluding carboxylic acids is 1. The van der Waals surface area contributed by atoms with Crippen molar-refractivity contribution in [1.82, 2.24) is 25.0 Å². The molecule has 2 aromatic carbocycles. The Bertz CT molecular complexity index is 1390. The quantitative estimate of drug-likeness (QED) is 0.460. The largest absolute Gasteiger partial charge is 0.368 e. The SMILES string of the molecule is Cc1ccc(N2CC(N(C)C)C2)cc1C(=O)N[C@H](C)c1cc(-c2cnn(C)c2)nc2ccccc12. The summed E-state index contributed by atoms with van der Waals surface area (Å²) in [5, 5.41) is 8.57. The summed E-state index contributed by atoms with van der Waals surface area (Å²) in [6.45, 7) is 5.98. The molecule has 1 atom stereocenters. The van der Waals surface area contributed by atoms with Gasteiger partial charge in [-0.2, -0.15) is 5.10 Å². The van der Waals surface area contributed by atoms with E-state index in [0.29, 0.717) is 11.6 Å². The van der Waals surface area contributed by atoms with Crippen molar-refractivity contribution >= 4 is 22.5 Å². The molecule has 35 heavy (non-hydrogen) atoms. The van der Waals surface area contributed by atoms with Crippen LogP contribution in [-0.4, -0.2) is 58.8 Å². The van der Waals surface area contributed by atoms with E-state index in [0.717, 1.165) is 52.1 Å². The fraction of sp³-hybridized carbons (Fsp3) is 0.321. The molecule has 1 aliphatic heterocycles. The minimum Gasteiger partial charge on any atom is -0.368 e. The summed E-state index contributed by atoms with van der Waals surface area (Å²) in [6, 6.07) is 16.7. The van der Waals surface area contributed by atoms with E-state index in [1.165, 1.54) is 0 Å². The van der Waals surface area contributed by atoms with Gasteiger partial charge in [-0.3, -0.25) is 9.48 Å². The maximum atomic E-state index is 13.4. The Labute approximate surface area is 206 Å². The van der Waals surface area contributed by atoms with E-state index in [1.807, 2.05) is 63.6 Å². The Kier molecular flexibility index (Phi) is 6.03. The number of hydrogen-bond donors (Lipinski definition) is 1. The Morgan fingerprint density at radius 2 is 1.91 bits per heavy atom. The van der Waals surface area contributed by atoms with Gasteiger partial charge in [0, 0.05) is 54.6 Å². The second kappa shape index (κ2) is 9.15. The number of pyridine rings is 1. The second-order valence-electron chi connectivity index (χ2n) is 9.73. The average molecular weight is 469 g/mol. The lowest BCUT2D eigenvalue weighted by molar-refractivity contribution is 0.0939. The number of anilines is 1. The fourth-order valence-electron chi connectivity index (χ4n) is 4.66. The zero-order valence-electron chi connectivity index (χ0n) is 21.0. The molecule has 2 aromatic heterocycles. The third kappa shape index (κ3) is 4.51. The average Bonchev–Trinajstić information content (AvgIpc) is 3.24. The van der Waals surface area contributed by atoms with Crippen molar-refractivity contribution in [1.29, 1.82) is 0 Å². The topological polar surface area (TPSA) is 66.3 Å². The first kappa shape index (κ1) is 23.1. The zero-order chi connectivity index (χ0) is 24.7. The van der Waals surface area contributed by atoms with Gasteiger partial charge in [-0.1, -0.05) is 24.3 Å². The molecule has 4 aromatic rings. The molecule has 0 bridgehead atoms. The van der Waals surface area contributed by atoms with E-state index >= 15 is 0 Å². The lowest BCUT2D eigenvalue weighted by Crippen LogP contribution is -2.57. The maximum absolute atomic E-state index is 13.4. The predicted molar refractivity (Wildman–Crippen MR) is 141 cm³/mol. The normalized spacial score (nSPS) is 14.9. The lowest BCUT2D eigenvalue weighted by Gasteiger charge is -2.44. The van der Waals surface area contributed by atoms with Crippen LogP contribution < -0.4 is 10.2 Å². The van der Waals surface area contributed by atoms with Crippen molar-refractivity contribution in [2.24, 2.45) is 7.05 Å². The first-order valence-corrected chi connectivity index (χ1v) is 12.0. The number of nitrogens with one attached hydrogen (secondary N) is 1. The molecular formula is C28H32N6O. The number of aromatic nitrogens is 3. The number of amides is 1. The van der Waals surface area contributed by atoms with Gasteiger partial charge < -0.3 is 15.1 Å². The molecule has 0 saturated carbocycles. The molecule has 1 fully saturated rings. The summed E-state index contributed by atoms with van der Waals surface area (Å²) in [6.07, 6.45) is 3.77. The molecule has 0 spiro atoms. The van der Waals surface area contributed by atoms with Gasteiger partial charge in [0.1, 0.15) is 0 Å². The number of nitrogens with zero attached hydrogens (tertiary/aromatic N) is 5. The highest BCUT2D eigenvalue weighted by Gasteiger charge is 2.29. The zero-order valence-corrected chi connectivity index (χ0v) is 21.0. The van der Waals surface area contributed by atoms with Crippen molar-refractivity contribution < 1.29 is 4.79 Å². The van der Waals surface area contributed by atoms with E-state index in [4.69, 9.17) is 4.98 Å². The van der Waals surface area contributed by atoms with Gasteiger partial charge in [-0.05, 0) is 63.3 Å². The summed E-state index contributed by atoms with van der Waals surface area (Å²) in [4.78, 5) is 22.8. The summed E-state index contributed by atoms with van der Waals surface area (Å²) >= 11 is 0. The van der Waals surface area contributed by atoms with Crippen molar-refractivity contribution in [2.45, 2.75) is 25.9 Å². The van der Waals surface area contributed by atoms with E-state index in [1.54, 1.807) is 4.68 Å². The molecular weight excluding hydrogens is 436 g/mol. The summed E-state index contributed by atoms with van der Waals surface area (Å²) in [5.41, 5.74) is 6.52. The number of likely N-dealkylation sites (N-methyl/N-ethyl adjacent to an activating group) is 1. The van der Waals surface area contributed by atoms with Gasteiger partial charge in [-0.25, -0.2) is 4.98 Å². The van der Waals surface area contributed by atoms with Crippen LogP contribution in [0.4, 0.5) is 5.69 Å². The number of fused-ring (bicyclic) bond motifs is 1. The van der Waals surface area contributed by atoms with Gasteiger partial charge in [0.2, 0.25) is 0 Å². The third-order valence-electron chi connectivity index (χ3n) is 6.99. The minimum absolute atomic E-state index is 0.0645. The third-order valence-corrected chi connectivity index (χ3v) is 6.99. The molecule has 0 radical (unpaired) electrons. The molecule has 1 saturated heterocycles. The second-order valence-corrected chi connectivity index (χ2v) is 9.73. The van der Waals surface area contributed by atoms with Gasteiger partial charge >= 0.3 is 0 Å². The number of hydrogen-bond acceptors (Lipinski definition) is 5. The first-order valence-electron chi connectivity index (χ1n) is 12.0. The number of carbonyl (C=O) groups is 1. The molecule has 1 aliphatic rings. The van der Waals surface area contributed by atoms with Crippen molar-refractivity contribution in [2.75, 3.05) is 32.1 Å². The van der Waals surface area contributed by atoms with Crippen molar-refractivity contribution in [3.05, 3.63) is 77.6 Å².